The molecule has 2 N–H and O–H groups in total. The molecule has 1 heterocycles. The zero-order chi connectivity index (χ0) is 19.3. The highest BCUT2D eigenvalue weighted by atomic mass is 32.2. The molecule has 1 aromatic heterocycles. The molecular formula is C20H21N3O3S. The molecule has 27 heavy (non-hydrogen) atoms. The van der Waals surface area contributed by atoms with Crippen molar-refractivity contribution in [3.8, 4) is 5.69 Å². The van der Waals surface area contributed by atoms with Crippen LogP contribution in [0.4, 0.5) is 5.69 Å². The lowest BCUT2D eigenvalue weighted by Crippen LogP contribution is -2.24. The van der Waals surface area contributed by atoms with Crippen LogP contribution in [-0.2, 0) is 27.8 Å². The Balaban J connectivity index is 1.55. The lowest BCUT2D eigenvalue weighted by atomic mass is 10.1. The molecule has 0 aliphatic carbocycles. The number of hydrogen-bond acceptors (Lipinski definition) is 3. The van der Waals surface area contributed by atoms with E-state index in [1.165, 1.54) is 0 Å². The first-order valence-electron chi connectivity index (χ1n) is 8.45. The first-order chi connectivity index (χ1) is 12.9. The Morgan fingerprint density at radius 1 is 0.963 bits per heavy atom. The summed E-state index contributed by atoms with van der Waals surface area (Å²) in [6.07, 6.45) is 5.32. The van der Waals surface area contributed by atoms with E-state index in [4.69, 9.17) is 0 Å². The van der Waals surface area contributed by atoms with Crippen molar-refractivity contribution in [3.63, 3.8) is 0 Å². The van der Waals surface area contributed by atoms with Crippen LogP contribution in [-0.4, -0.2) is 25.1 Å². The standard InChI is InChI=1S/C20H21N3O3S/c1-27(25,26)22-18-6-4-5-17(13-18)15-21-20(24)14-16-7-9-19(10-8-16)23-11-2-3-12-23/h2-13,22H,14-15H2,1H3,(H,21,24). The van der Waals surface area contributed by atoms with Crippen LogP contribution in [0.3, 0.4) is 0 Å². The molecule has 0 atom stereocenters. The average Bonchev–Trinajstić information content (AvgIpc) is 3.14. The third-order valence-corrected chi connectivity index (χ3v) is 4.53. The van der Waals surface area contributed by atoms with Crippen LogP contribution in [0.1, 0.15) is 11.1 Å². The molecule has 0 spiro atoms. The highest BCUT2D eigenvalue weighted by Gasteiger charge is 2.06. The third-order valence-electron chi connectivity index (χ3n) is 3.92. The maximum absolute atomic E-state index is 12.2. The summed E-state index contributed by atoms with van der Waals surface area (Å²) in [4.78, 5) is 12.2. The van der Waals surface area contributed by atoms with Crippen LogP contribution >= 0.6 is 0 Å². The van der Waals surface area contributed by atoms with Gasteiger partial charge in [0.25, 0.3) is 0 Å². The topological polar surface area (TPSA) is 80.2 Å². The Hall–Kier alpha value is -3.06. The second-order valence-electron chi connectivity index (χ2n) is 6.28. The van der Waals surface area contributed by atoms with Crippen LogP contribution in [0, 0.1) is 0 Å². The van der Waals surface area contributed by atoms with Crippen LogP contribution in [0.15, 0.2) is 73.1 Å². The molecule has 0 aliphatic heterocycles. The van der Waals surface area contributed by atoms with Crippen LogP contribution in [0.2, 0.25) is 0 Å². The number of amides is 1. The monoisotopic (exact) mass is 383 g/mol. The predicted molar refractivity (Wildman–Crippen MR) is 106 cm³/mol. The lowest BCUT2D eigenvalue weighted by molar-refractivity contribution is -0.120. The van der Waals surface area contributed by atoms with Gasteiger partial charge in [0, 0.05) is 30.3 Å². The zero-order valence-electron chi connectivity index (χ0n) is 14.9. The van der Waals surface area contributed by atoms with Crippen LogP contribution in [0.25, 0.3) is 5.69 Å². The van der Waals surface area contributed by atoms with Crippen molar-refractivity contribution < 1.29 is 13.2 Å². The van der Waals surface area contributed by atoms with Crippen molar-refractivity contribution in [1.82, 2.24) is 9.88 Å². The molecule has 0 fully saturated rings. The minimum atomic E-state index is -3.32. The molecule has 0 aliphatic rings. The number of nitrogens with one attached hydrogen (secondary N) is 2. The molecule has 3 aromatic rings. The summed E-state index contributed by atoms with van der Waals surface area (Å²) in [6.45, 7) is 0.333. The third kappa shape index (κ3) is 5.72. The summed E-state index contributed by atoms with van der Waals surface area (Å²) in [5.41, 5.74) is 3.26. The van der Waals surface area contributed by atoms with Gasteiger partial charge in [0.1, 0.15) is 0 Å². The van der Waals surface area contributed by atoms with E-state index in [1.54, 1.807) is 18.2 Å². The van der Waals surface area contributed by atoms with Crippen molar-refractivity contribution in [2.75, 3.05) is 11.0 Å². The van der Waals surface area contributed by atoms with Gasteiger partial charge in [-0.05, 0) is 47.5 Å². The summed E-state index contributed by atoms with van der Waals surface area (Å²) in [5.74, 6) is -0.0924. The number of carbonyl (C=O) groups is 1. The van der Waals surface area contributed by atoms with Gasteiger partial charge in [-0.3, -0.25) is 9.52 Å². The molecule has 140 valence electrons. The van der Waals surface area contributed by atoms with Gasteiger partial charge in [-0.1, -0.05) is 24.3 Å². The normalized spacial score (nSPS) is 11.1. The van der Waals surface area contributed by atoms with E-state index < -0.39 is 10.0 Å². The maximum Gasteiger partial charge on any atom is 0.229 e. The zero-order valence-corrected chi connectivity index (χ0v) is 15.7. The first kappa shape index (κ1) is 18.7. The van der Waals surface area contributed by atoms with E-state index in [0.29, 0.717) is 12.2 Å². The van der Waals surface area contributed by atoms with E-state index in [-0.39, 0.29) is 12.3 Å². The van der Waals surface area contributed by atoms with E-state index in [1.807, 2.05) is 59.4 Å². The SMILES string of the molecule is CS(=O)(=O)Nc1cccc(CNC(=O)Cc2ccc(-n3cccc3)cc2)c1. The minimum Gasteiger partial charge on any atom is -0.352 e. The van der Waals surface area contributed by atoms with E-state index in [9.17, 15) is 13.2 Å². The quantitative estimate of drug-likeness (QED) is 0.658. The molecule has 0 saturated heterocycles. The molecular weight excluding hydrogens is 362 g/mol. The van der Waals surface area contributed by atoms with Crippen LogP contribution in [0.5, 0.6) is 0 Å². The highest BCUT2D eigenvalue weighted by molar-refractivity contribution is 7.92. The smallest absolute Gasteiger partial charge is 0.229 e. The van der Waals surface area contributed by atoms with Gasteiger partial charge in [-0.15, -0.1) is 0 Å². The van der Waals surface area contributed by atoms with Gasteiger partial charge in [0.2, 0.25) is 15.9 Å². The summed E-state index contributed by atoms with van der Waals surface area (Å²) in [6, 6.07) is 18.7. The number of hydrogen-bond donors (Lipinski definition) is 2. The van der Waals surface area contributed by atoms with Gasteiger partial charge < -0.3 is 9.88 Å². The van der Waals surface area contributed by atoms with Crippen molar-refractivity contribution in [2.45, 2.75) is 13.0 Å². The number of aromatic nitrogens is 1. The Kier molecular flexibility index (Phi) is 5.61. The number of nitrogens with zero attached hydrogens (tertiary/aromatic N) is 1. The fraction of sp³-hybridized carbons (Fsp3) is 0.150. The Morgan fingerprint density at radius 3 is 2.33 bits per heavy atom. The molecule has 0 saturated carbocycles. The van der Waals surface area contributed by atoms with E-state index in [2.05, 4.69) is 10.0 Å². The largest absolute Gasteiger partial charge is 0.352 e. The summed E-state index contributed by atoms with van der Waals surface area (Å²) in [5, 5.41) is 2.86. The molecule has 3 rings (SSSR count). The molecule has 1 amide bonds. The van der Waals surface area contributed by atoms with Crippen molar-refractivity contribution in [3.05, 3.63) is 84.2 Å². The second-order valence-corrected chi connectivity index (χ2v) is 8.03. The number of sulfonamides is 1. The van der Waals surface area contributed by atoms with Gasteiger partial charge in [-0.25, -0.2) is 8.42 Å². The van der Waals surface area contributed by atoms with Crippen LogP contribution < -0.4 is 10.0 Å². The Morgan fingerprint density at radius 2 is 1.67 bits per heavy atom. The summed E-state index contributed by atoms with van der Waals surface area (Å²) >= 11 is 0. The van der Waals surface area contributed by atoms with E-state index >= 15 is 0 Å². The fourth-order valence-electron chi connectivity index (χ4n) is 2.70. The highest BCUT2D eigenvalue weighted by Crippen LogP contribution is 2.13. The summed E-state index contributed by atoms with van der Waals surface area (Å²) < 4.78 is 27.0. The Labute approximate surface area is 158 Å². The molecule has 0 unspecified atom stereocenters. The second kappa shape index (κ2) is 8.09. The van der Waals surface area contributed by atoms with Gasteiger partial charge in [0.15, 0.2) is 0 Å². The number of rotatable bonds is 7. The number of benzene rings is 2. The molecule has 0 bridgehead atoms. The predicted octanol–water partition coefficient (Wildman–Crippen LogP) is 2.71. The average molecular weight is 383 g/mol. The lowest BCUT2D eigenvalue weighted by Gasteiger charge is -2.09. The van der Waals surface area contributed by atoms with Crippen molar-refractivity contribution in [1.29, 1.82) is 0 Å². The Bertz CT molecular complexity index is 1010. The van der Waals surface area contributed by atoms with Gasteiger partial charge >= 0.3 is 0 Å². The maximum atomic E-state index is 12.2. The van der Waals surface area contributed by atoms with Crippen molar-refractivity contribution in [2.24, 2.45) is 0 Å². The molecule has 6 nitrogen and oxygen atoms in total. The fourth-order valence-corrected chi connectivity index (χ4v) is 3.26. The van der Waals surface area contributed by atoms with Gasteiger partial charge in [0.05, 0.1) is 12.7 Å². The first-order valence-corrected chi connectivity index (χ1v) is 10.3. The van der Waals surface area contributed by atoms with E-state index in [0.717, 1.165) is 23.1 Å². The number of anilines is 1. The van der Waals surface area contributed by atoms with Crippen molar-refractivity contribution >= 4 is 21.6 Å². The molecule has 0 radical (unpaired) electrons. The minimum absolute atomic E-state index is 0.0924. The number of carbonyl (C=O) groups excluding carboxylic acids is 1. The van der Waals surface area contributed by atoms with Gasteiger partial charge in [-0.2, -0.15) is 0 Å². The molecule has 7 heteroatoms. The molecule has 2 aromatic carbocycles. The summed E-state index contributed by atoms with van der Waals surface area (Å²) in [7, 11) is -3.32.